The van der Waals surface area contributed by atoms with E-state index in [1.54, 1.807) is 17.8 Å². The van der Waals surface area contributed by atoms with Crippen LogP contribution in [-0.4, -0.2) is 24.5 Å². The van der Waals surface area contributed by atoms with Crippen LogP contribution in [0.1, 0.15) is 31.2 Å². The van der Waals surface area contributed by atoms with E-state index in [0.717, 1.165) is 42.2 Å². The first-order chi connectivity index (χ1) is 9.31. The summed E-state index contributed by atoms with van der Waals surface area (Å²) < 4.78 is 19.5. The van der Waals surface area contributed by atoms with E-state index in [-0.39, 0.29) is 5.82 Å². The van der Waals surface area contributed by atoms with Gasteiger partial charge in [0.15, 0.2) is 0 Å². The summed E-state index contributed by atoms with van der Waals surface area (Å²) in [6.45, 7) is 1.64. The van der Waals surface area contributed by atoms with E-state index in [1.807, 2.05) is 12.1 Å². The fourth-order valence-corrected chi connectivity index (χ4v) is 3.27. The molecule has 2 nitrogen and oxygen atoms in total. The predicted octanol–water partition coefficient (Wildman–Crippen LogP) is 3.35. The van der Waals surface area contributed by atoms with Gasteiger partial charge in [-0.3, -0.25) is 0 Å². The molecule has 1 aliphatic heterocycles. The Morgan fingerprint density at radius 1 is 1.32 bits per heavy atom. The van der Waals surface area contributed by atoms with Crippen LogP contribution >= 0.6 is 11.8 Å². The van der Waals surface area contributed by atoms with Gasteiger partial charge in [-0.25, -0.2) is 4.39 Å². The first-order valence-electron chi connectivity index (χ1n) is 7.07. The summed E-state index contributed by atoms with van der Waals surface area (Å²) in [6.07, 6.45) is 5.08. The molecule has 1 saturated carbocycles. The van der Waals surface area contributed by atoms with Gasteiger partial charge in [-0.1, -0.05) is 6.07 Å². The van der Waals surface area contributed by atoms with Gasteiger partial charge in [-0.2, -0.15) is 0 Å². The van der Waals surface area contributed by atoms with Crippen molar-refractivity contribution in [1.29, 1.82) is 0 Å². The number of nitrogens with one attached hydrogen (secondary N) is 1. The van der Waals surface area contributed by atoms with Crippen LogP contribution in [-0.2, 0) is 11.3 Å². The van der Waals surface area contributed by atoms with E-state index in [9.17, 15) is 4.39 Å². The summed E-state index contributed by atoms with van der Waals surface area (Å²) in [5, 5.41) is 3.40. The molecule has 2 fully saturated rings. The van der Waals surface area contributed by atoms with Crippen molar-refractivity contribution in [2.45, 2.75) is 49.3 Å². The number of benzene rings is 1. The third kappa shape index (κ3) is 3.94. The predicted molar refractivity (Wildman–Crippen MR) is 76.0 cm³/mol. The molecule has 1 aromatic rings. The summed E-state index contributed by atoms with van der Waals surface area (Å²) in [5.41, 5.74) is 1.03. The molecule has 0 bridgehead atoms. The number of halogens is 1. The molecule has 0 amide bonds. The van der Waals surface area contributed by atoms with Crippen LogP contribution < -0.4 is 5.32 Å². The van der Waals surface area contributed by atoms with Gasteiger partial charge in [0.1, 0.15) is 5.82 Å². The topological polar surface area (TPSA) is 21.3 Å². The zero-order chi connectivity index (χ0) is 13.1. The Morgan fingerprint density at radius 2 is 2.21 bits per heavy atom. The van der Waals surface area contributed by atoms with Gasteiger partial charge < -0.3 is 10.1 Å². The Hall–Kier alpha value is -0.580. The van der Waals surface area contributed by atoms with Crippen LogP contribution in [0.3, 0.4) is 0 Å². The molecule has 0 radical (unpaired) electrons. The Labute approximate surface area is 118 Å². The molecule has 0 spiro atoms. The summed E-state index contributed by atoms with van der Waals surface area (Å²) in [6, 6.07) is 6.25. The number of hydrogen-bond donors (Lipinski definition) is 1. The van der Waals surface area contributed by atoms with E-state index < -0.39 is 0 Å². The van der Waals surface area contributed by atoms with Crippen LogP contribution in [0.4, 0.5) is 4.39 Å². The molecule has 1 heterocycles. The molecule has 2 aliphatic rings. The average molecular weight is 281 g/mol. The van der Waals surface area contributed by atoms with Crippen LogP contribution in [0, 0.1) is 5.82 Å². The average Bonchev–Trinajstić information content (AvgIpc) is 3.10. The number of hydrogen-bond acceptors (Lipinski definition) is 3. The highest BCUT2D eigenvalue weighted by Gasteiger charge is 2.20. The van der Waals surface area contributed by atoms with Gasteiger partial charge in [0.25, 0.3) is 0 Å². The molecule has 3 rings (SSSR count). The number of ether oxygens (including phenoxy) is 1. The Balaban J connectivity index is 1.52. The lowest BCUT2D eigenvalue weighted by Crippen LogP contribution is -2.15. The fraction of sp³-hybridized carbons (Fsp3) is 0.600. The second-order valence-electron chi connectivity index (χ2n) is 5.37. The Morgan fingerprint density at radius 3 is 2.89 bits per heavy atom. The molecule has 104 valence electrons. The van der Waals surface area contributed by atoms with E-state index in [4.69, 9.17) is 4.74 Å². The first kappa shape index (κ1) is 13.4. The molecular formula is C15H20FNOS. The van der Waals surface area contributed by atoms with Gasteiger partial charge in [-0.05, 0) is 43.4 Å². The maximum atomic E-state index is 14.0. The van der Waals surface area contributed by atoms with Gasteiger partial charge in [0.05, 0.1) is 6.10 Å². The number of rotatable bonds is 6. The molecule has 4 heteroatoms. The lowest BCUT2D eigenvalue weighted by atomic mass is 10.2. The second-order valence-corrected chi connectivity index (χ2v) is 6.43. The van der Waals surface area contributed by atoms with Crippen molar-refractivity contribution in [2.24, 2.45) is 0 Å². The molecule has 1 aromatic carbocycles. The standard InChI is InChI=1S/C15H20FNOS/c16-14-8-11(9-17-12-4-5-12)3-6-15(14)19-10-13-2-1-7-18-13/h3,6,8,12-13,17H,1-2,4-5,7,9-10H2. The van der Waals surface area contributed by atoms with Gasteiger partial charge in [0.2, 0.25) is 0 Å². The Kier molecular flexibility index (Phi) is 4.41. The fourth-order valence-electron chi connectivity index (χ4n) is 2.28. The van der Waals surface area contributed by atoms with Crippen molar-refractivity contribution in [3.63, 3.8) is 0 Å². The van der Waals surface area contributed by atoms with Crippen LogP contribution in [0.2, 0.25) is 0 Å². The van der Waals surface area contributed by atoms with Crippen molar-refractivity contribution >= 4 is 11.8 Å². The van der Waals surface area contributed by atoms with Gasteiger partial charge >= 0.3 is 0 Å². The van der Waals surface area contributed by atoms with Crippen molar-refractivity contribution in [1.82, 2.24) is 5.32 Å². The SMILES string of the molecule is Fc1cc(CNC2CC2)ccc1SCC1CCCO1. The van der Waals surface area contributed by atoms with E-state index >= 15 is 0 Å². The molecule has 1 N–H and O–H groups in total. The van der Waals surface area contributed by atoms with Crippen molar-refractivity contribution < 1.29 is 9.13 Å². The van der Waals surface area contributed by atoms with E-state index in [2.05, 4.69) is 5.32 Å². The summed E-state index contributed by atoms with van der Waals surface area (Å²) in [7, 11) is 0. The van der Waals surface area contributed by atoms with E-state index in [0.29, 0.717) is 12.1 Å². The number of thioether (sulfide) groups is 1. The van der Waals surface area contributed by atoms with Crippen molar-refractivity contribution in [3.05, 3.63) is 29.6 Å². The minimum atomic E-state index is -0.0990. The van der Waals surface area contributed by atoms with Gasteiger partial charge in [0, 0.05) is 29.8 Å². The summed E-state index contributed by atoms with van der Waals surface area (Å²) >= 11 is 1.57. The molecular weight excluding hydrogens is 261 g/mol. The minimum absolute atomic E-state index is 0.0990. The minimum Gasteiger partial charge on any atom is -0.377 e. The largest absolute Gasteiger partial charge is 0.377 e. The molecule has 0 aromatic heterocycles. The van der Waals surface area contributed by atoms with E-state index in [1.165, 1.54) is 12.8 Å². The van der Waals surface area contributed by atoms with Crippen LogP contribution in [0.15, 0.2) is 23.1 Å². The smallest absolute Gasteiger partial charge is 0.137 e. The highest BCUT2D eigenvalue weighted by atomic mass is 32.2. The maximum Gasteiger partial charge on any atom is 0.137 e. The lowest BCUT2D eigenvalue weighted by Gasteiger charge is -2.10. The maximum absolute atomic E-state index is 14.0. The monoisotopic (exact) mass is 281 g/mol. The third-order valence-electron chi connectivity index (χ3n) is 3.62. The highest BCUT2D eigenvalue weighted by molar-refractivity contribution is 7.99. The molecule has 1 unspecified atom stereocenters. The summed E-state index contributed by atoms with van der Waals surface area (Å²) in [4.78, 5) is 0.741. The zero-order valence-corrected chi connectivity index (χ0v) is 11.8. The van der Waals surface area contributed by atoms with Crippen LogP contribution in [0.25, 0.3) is 0 Å². The zero-order valence-electron chi connectivity index (χ0n) is 11.0. The van der Waals surface area contributed by atoms with Crippen LogP contribution in [0.5, 0.6) is 0 Å². The second kappa shape index (κ2) is 6.25. The summed E-state index contributed by atoms with van der Waals surface area (Å²) in [5.74, 6) is 0.759. The normalized spacial score (nSPS) is 22.9. The lowest BCUT2D eigenvalue weighted by molar-refractivity contribution is 0.129. The molecule has 1 aliphatic carbocycles. The molecule has 1 atom stereocenters. The van der Waals surface area contributed by atoms with Gasteiger partial charge in [-0.15, -0.1) is 11.8 Å². The molecule has 19 heavy (non-hydrogen) atoms. The third-order valence-corrected chi connectivity index (χ3v) is 4.80. The Bertz CT molecular complexity index is 430. The quantitative estimate of drug-likeness (QED) is 0.808. The molecule has 1 saturated heterocycles. The van der Waals surface area contributed by atoms with Crippen molar-refractivity contribution in [2.75, 3.05) is 12.4 Å². The van der Waals surface area contributed by atoms with Crippen molar-refractivity contribution in [3.8, 4) is 0 Å². The first-order valence-corrected chi connectivity index (χ1v) is 8.06. The highest BCUT2D eigenvalue weighted by Crippen LogP contribution is 2.27.